The molecule has 0 fully saturated rings. The van der Waals surface area contributed by atoms with Gasteiger partial charge in [0.1, 0.15) is 6.61 Å². The average Bonchev–Trinajstić information content (AvgIpc) is 2.16. The summed E-state index contributed by atoms with van der Waals surface area (Å²) in [6.45, 7) is 1.70. The number of rotatable bonds is 8. The van der Waals surface area contributed by atoms with Crippen molar-refractivity contribution in [1.29, 1.82) is 0 Å². The second kappa shape index (κ2) is 7.65. The highest BCUT2D eigenvalue weighted by Crippen LogP contribution is 2.71. The SMILES string of the molecule is CCOP(OCC(OC)OC)P(=O)(O)O. The minimum absolute atomic E-state index is 0.0934. The molecule has 0 aromatic carbocycles. The van der Waals surface area contributed by atoms with Gasteiger partial charge in [0.25, 0.3) is 8.06 Å². The Labute approximate surface area is 89.6 Å². The summed E-state index contributed by atoms with van der Waals surface area (Å²) in [7, 11) is -3.80. The lowest BCUT2D eigenvalue weighted by Gasteiger charge is -2.19. The Morgan fingerprint density at radius 1 is 1.27 bits per heavy atom. The summed E-state index contributed by atoms with van der Waals surface area (Å²) in [4.78, 5) is 17.8. The lowest BCUT2D eigenvalue weighted by Crippen LogP contribution is -2.19. The molecule has 0 radical (unpaired) electrons. The molecule has 0 aromatic heterocycles. The molecule has 0 aliphatic heterocycles. The molecule has 0 spiro atoms. The van der Waals surface area contributed by atoms with Crippen molar-refractivity contribution >= 4 is 15.3 Å². The summed E-state index contributed by atoms with van der Waals surface area (Å²) in [6, 6.07) is 0. The van der Waals surface area contributed by atoms with Gasteiger partial charge in [-0.15, -0.1) is 0 Å². The standard InChI is InChI=1S/C6H16O7P2/c1-4-12-14(15(7,8)9)13-5-6(10-2)11-3/h6H,4-5H2,1-3H3,(H2,7,8,9). The Bertz CT molecular complexity index is 202. The van der Waals surface area contributed by atoms with E-state index in [1.807, 2.05) is 0 Å². The fourth-order valence-electron chi connectivity index (χ4n) is 0.655. The first-order chi connectivity index (χ1) is 6.95. The molecule has 9 heteroatoms. The first-order valence-corrected chi connectivity index (χ1v) is 7.62. The van der Waals surface area contributed by atoms with Gasteiger partial charge in [0.2, 0.25) is 0 Å². The summed E-state index contributed by atoms with van der Waals surface area (Å²) in [5.74, 6) is 0. The average molecular weight is 262 g/mol. The van der Waals surface area contributed by atoms with Crippen molar-refractivity contribution in [2.75, 3.05) is 27.4 Å². The van der Waals surface area contributed by atoms with E-state index in [9.17, 15) is 4.57 Å². The van der Waals surface area contributed by atoms with E-state index in [2.05, 4.69) is 0 Å². The number of hydrogen-bond acceptors (Lipinski definition) is 5. The molecule has 0 bridgehead atoms. The highest BCUT2D eigenvalue weighted by atomic mass is 32.1. The molecular formula is C6H16O7P2. The summed E-state index contributed by atoms with van der Waals surface area (Å²) in [5, 5.41) is 0. The van der Waals surface area contributed by atoms with Crippen LogP contribution in [0, 0.1) is 0 Å². The molecule has 0 rings (SSSR count). The van der Waals surface area contributed by atoms with Crippen LogP contribution < -0.4 is 0 Å². The van der Waals surface area contributed by atoms with E-state index in [-0.39, 0.29) is 13.2 Å². The largest absolute Gasteiger partial charge is 0.400 e. The molecule has 1 unspecified atom stereocenters. The minimum Gasteiger partial charge on any atom is -0.354 e. The van der Waals surface area contributed by atoms with Gasteiger partial charge in [0, 0.05) is 14.2 Å². The van der Waals surface area contributed by atoms with E-state index in [1.54, 1.807) is 6.92 Å². The third-order valence-electron chi connectivity index (χ3n) is 1.30. The molecule has 0 aromatic rings. The van der Waals surface area contributed by atoms with Crippen LogP contribution in [0.3, 0.4) is 0 Å². The van der Waals surface area contributed by atoms with Crippen molar-refractivity contribution in [2.24, 2.45) is 0 Å². The van der Waals surface area contributed by atoms with Crippen molar-refractivity contribution in [3.63, 3.8) is 0 Å². The first-order valence-electron chi connectivity index (χ1n) is 4.13. The molecule has 0 aliphatic carbocycles. The van der Waals surface area contributed by atoms with E-state index in [0.717, 1.165) is 0 Å². The Kier molecular flexibility index (Phi) is 7.87. The van der Waals surface area contributed by atoms with E-state index >= 15 is 0 Å². The fourth-order valence-corrected chi connectivity index (χ4v) is 2.95. The molecule has 0 heterocycles. The van der Waals surface area contributed by atoms with E-state index in [4.69, 9.17) is 28.3 Å². The Morgan fingerprint density at radius 3 is 2.13 bits per heavy atom. The summed E-state index contributed by atoms with van der Waals surface area (Å²) >= 11 is 0. The van der Waals surface area contributed by atoms with Crippen molar-refractivity contribution in [3.8, 4) is 0 Å². The lowest BCUT2D eigenvalue weighted by molar-refractivity contribution is -0.121. The van der Waals surface area contributed by atoms with Crippen LogP contribution in [0.2, 0.25) is 0 Å². The molecule has 2 N–H and O–H groups in total. The molecule has 0 amide bonds. The van der Waals surface area contributed by atoms with Crippen molar-refractivity contribution < 1.29 is 32.9 Å². The van der Waals surface area contributed by atoms with Crippen LogP contribution >= 0.6 is 15.3 Å². The number of ether oxygens (including phenoxy) is 2. The molecule has 7 nitrogen and oxygen atoms in total. The van der Waals surface area contributed by atoms with Crippen molar-refractivity contribution in [2.45, 2.75) is 13.2 Å². The van der Waals surface area contributed by atoms with Crippen molar-refractivity contribution in [3.05, 3.63) is 0 Å². The molecule has 15 heavy (non-hydrogen) atoms. The van der Waals surface area contributed by atoms with Gasteiger partial charge >= 0.3 is 7.28 Å². The van der Waals surface area contributed by atoms with Gasteiger partial charge in [0.15, 0.2) is 6.29 Å². The van der Waals surface area contributed by atoms with E-state index in [0.29, 0.717) is 0 Å². The van der Waals surface area contributed by atoms with Gasteiger partial charge in [-0.2, -0.15) is 0 Å². The van der Waals surface area contributed by atoms with Crippen LogP contribution in [0.1, 0.15) is 6.92 Å². The normalized spacial score (nSPS) is 14.5. The molecule has 0 saturated carbocycles. The van der Waals surface area contributed by atoms with Gasteiger partial charge in [-0.05, 0) is 6.92 Å². The lowest BCUT2D eigenvalue weighted by atomic mass is 10.7. The summed E-state index contributed by atoms with van der Waals surface area (Å²) in [5.41, 5.74) is 0. The Hall–Kier alpha value is 0.420. The van der Waals surface area contributed by atoms with Gasteiger partial charge in [-0.3, -0.25) is 4.57 Å². The zero-order valence-electron chi connectivity index (χ0n) is 8.82. The predicted octanol–water partition coefficient (Wildman–Crippen LogP) is 1.06. The molecular weight excluding hydrogens is 246 g/mol. The first kappa shape index (κ1) is 15.4. The molecule has 92 valence electrons. The maximum absolute atomic E-state index is 10.9. The van der Waals surface area contributed by atoms with E-state index < -0.39 is 21.6 Å². The number of methoxy groups -OCH3 is 2. The van der Waals surface area contributed by atoms with Gasteiger partial charge in [0.05, 0.1) is 6.61 Å². The third kappa shape index (κ3) is 6.56. The second-order valence-corrected chi connectivity index (χ2v) is 6.93. The quantitative estimate of drug-likeness (QED) is 0.499. The second-order valence-electron chi connectivity index (χ2n) is 2.37. The minimum atomic E-state index is -4.36. The molecule has 0 saturated heterocycles. The molecule has 0 aliphatic rings. The topological polar surface area (TPSA) is 94.5 Å². The van der Waals surface area contributed by atoms with Crippen LogP contribution in [0.5, 0.6) is 0 Å². The van der Waals surface area contributed by atoms with Gasteiger partial charge < -0.3 is 28.3 Å². The Balaban J connectivity index is 4.12. The molecule has 1 atom stereocenters. The van der Waals surface area contributed by atoms with Crippen LogP contribution in [0.4, 0.5) is 0 Å². The zero-order valence-corrected chi connectivity index (χ0v) is 10.6. The van der Waals surface area contributed by atoms with Crippen LogP contribution in [0.15, 0.2) is 0 Å². The zero-order chi connectivity index (χ0) is 11.9. The number of hydrogen-bond donors (Lipinski definition) is 2. The maximum Gasteiger partial charge on any atom is 0.400 e. The predicted molar refractivity (Wildman–Crippen MR) is 54.3 cm³/mol. The smallest absolute Gasteiger partial charge is 0.354 e. The van der Waals surface area contributed by atoms with Gasteiger partial charge in [-0.25, -0.2) is 0 Å². The Morgan fingerprint density at radius 2 is 1.80 bits per heavy atom. The van der Waals surface area contributed by atoms with Crippen LogP contribution in [-0.4, -0.2) is 43.5 Å². The van der Waals surface area contributed by atoms with Crippen molar-refractivity contribution in [1.82, 2.24) is 0 Å². The highest BCUT2D eigenvalue weighted by molar-refractivity contribution is 8.23. The maximum atomic E-state index is 10.9. The summed E-state index contributed by atoms with van der Waals surface area (Å²) in [6.07, 6.45) is -0.665. The van der Waals surface area contributed by atoms with Crippen LogP contribution in [-0.2, 0) is 23.1 Å². The fraction of sp³-hybridized carbons (Fsp3) is 1.00. The highest BCUT2D eigenvalue weighted by Gasteiger charge is 2.33. The summed E-state index contributed by atoms with van der Waals surface area (Å²) < 4.78 is 30.2. The monoisotopic (exact) mass is 262 g/mol. The third-order valence-corrected chi connectivity index (χ3v) is 4.54. The van der Waals surface area contributed by atoms with Crippen LogP contribution in [0.25, 0.3) is 0 Å². The van der Waals surface area contributed by atoms with Gasteiger partial charge in [-0.1, -0.05) is 0 Å². The van der Waals surface area contributed by atoms with E-state index in [1.165, 1.54) is 14.2 Å².